The zero-order valence-corrected chi connectivity index (χ0v) is 13.9. The number of aliphatic imine (C=N–C) groups is 1. The summed E-state index contributed by atoms with van der Waals surface area (Å²) < 4.78 is 1.86. The maximum absolute atomic E-state index is 6.01. The van der Waals surface area contributed by atoms with Crippen LogP contribution in [0.15, 0.2) is 60.2 Å². The van der Waals surface area contributed by atoms with Gasteiger partial charge in [0.15, 0.2) is 5.96 Å². The second-order valence-electron chi connectivity index (χ2n) is 6.16. The van der Waals surface area contributed by atoms with E-state index in [1.807, 2.05) is 29.1 Å². The average Bonchev–Trinajstić information content (AvgIpc) is 3.32. The maximum atomic E-state index is 6.01. The van der Waals surface area contributed by atoms with Gasteiger partial charge in [-0.1, -0.05) is 12.1 Å². The quantitative estimate of drug-likeness (QED) is 0.568. The van der Waals surface area contributed by atoms with Crippen molar-refractivity contribution in [1.29, 1.82) is 0 Å². The van der Waals surface area contributed by atoms with Crippen LogP contribution in [0.2, 0.25) is 0 Å². The molecule has 0 fully saturated rings. The average molecular weight is 332 g/mol. The molecule has 1 aromatic carbocycles. The number of nitrogens with one attached hydrogen (secondary N) is 1. The molecule has 0 unspecified atom stereocenters. The molecule has 6 heteroatoms. The first-order chi connectivity index (χ1) is 12.3. The van der Waals surface area contributed by atoms with Crippen molar-refractivity contribution in [1.82, 2.24) is 14.5 Å². The Balaban J connectivity index is 1.39. The Hall–Kier alpha value is -3.15. The van der Waals surface area contributed by atoms with E-state index >= 15 is 0 Å². The number of rotatable bonds is 4. The number of guanidine groups is 1. The third kappa shape index (κ3) is 3.52. The number of anilines is 1. The molecule has 0 bridgehead atoms. The predicted molar refractivity (Wildman–Crippen MR) is 98.8 cm³/mol. The molecule has 0 saturated carbocycles. The highest BCUT2D eigenvalue weighted by Crippen LogP contribution is 2.24. The van der Waals surface area contributed by atoms with E-state index in [9.17, 15) is 0 Å². The van der Waals surface area contributed by atoms with Crippen LogP contribution in [0.1, 0.15) is 23.1 Å². The number of hydrogen-bond acceptors (Lipinski definition) is 3. The molecule has 0 radical (unpaired) electrons. The van der Waals surface area contributed by atoms with E-state index in [0.717, 1.165) is 23.5 Å². The summed E-state index contributed by atoms with van der Waals surface area (Å²) in [4.78, 5) is 12.8. The lowest BCUT2D eigenvalue weighted by molar-refractivity contribution is 0.912. The molecule has 0 saturated heterocycles. The molecule has 0 aliphatic heterocycles. The molecule has 4 rings (SSSR count). The lowest BCUT2D eigenvalue weighted by Crippen LogP contribution is -2.22. The smallest absolute Gasteiger partial charge is 0.193 e. The van der Waals surface area contributed by atoms with Crippen LogP contribution < -0.4 is 11.1 Å². The Morgan fingerprint density at radius 1 is 1.20 bits per heavy atom. The van der Waals surface area contributed by atoms with Gasteiger partial charge in [-0.15, -0.1) is 0 Å². The first-order valence-electron chi connectivity index (χ1n) is 8.40. The zero-order valence-electron chi connectivity index (χ0n) is 13.9. The monoisotopic (exact) mass is 332 g/mol. The van der Waals surface area contributed by atoms with Gasteiger partial charge in [0.2, 0.25) is 0 Å². The van der Waals surface area contributed by atoms with Crippen LogP contribution in [0, 0.1) is 0 Å². The van der Waals surface area contributed by atoms with Gasteiger partial charge in [0.1, 0.15) is 12.1 Å². The molecule has 6 nitrogen and oxygen atoms in total. The molecule has 0 spiro atoms. The summed E-state index contributed by atoms with van der Waals surface area (Å²) in [6.45, 7) is 0.487. The molecule has 3 N–H and O–H groups in total. The summed E-state index contributed by atoms with van der Waals surface area (Å²) in [5.74, 6) is 1.24. The fourth-order valence-electron chi connectivity index (χ4n) is 3.07. The highest BCUT2D eigenvalue weighted by molar-refractivity contribution is 5.92. The number of imidazole rings is 1. The minimum atomic E-state index is 0.414. The van der Waals surface area contributed by atoms with Gasteiger partial charge in [0, 0.05) is 24.3 Å². The van der Waals surface area contributed by atoms with Gasteiger partial charge in [0.25, 0.3) is 0 Å². The molecule has 0 atom stereocenters. The van der Waals surface area contributed by atoms with Crippen LogP contribution in [0.3, 0.4) is 0 Å². The molecule has 0 amide bonds. The minimum absolute atomic E-state index is 0.414. The summed E-state index contributed by atoms with van der Waals surface area (Å²) >= 11 is 0. The number of benzene rings is 1. The standard InChI is InChI=1S/C19H20N6/c20-19(24-17-6-5-15-2-1-3-16(15)10-17)23-12-14-4-7-18(22-11-14)25-9-8-21-13-25/h4-11,13H,1-3,12H2,(H3,20,23,24). The Kier molecular flexibility index (Phi) is 4.16. The summed E-state index contributed by atoms with van der Waals surface area (Å²) in [5.41, 5.74) is 10.9. The van der Waals surface area contributed by atoms with Gasteiger partial charge in [0.05, 0.1) is 6.54 Å². The van der Waals surface area contributed by atoms with Crippen molar-refractivity contribution >= 4 is 11.6 Å². The van der Waals surface area contributed by atoms with Crippen molar-refractivity contribution in [3.8, 4) is 5.82 Å². The van der Waals surface area contributed by atoms with Gasteiger partial charge in [-0.3, -0.25) is 4.57 Å². The molecule has 3 aromatic rings. The number of fused-ring (bicyclic) bond motifs is 1. The van der Waals surface area contributed by atoms with Crippen LogP contribution in [-0.4, -0.2) is 20.5 Å². The molecule has 2 aromatic heterocycles. The first kappa shape index (κ1) is 15.4. The molecule has 25 heavy (non-hydrogen) atoms. The second kappa shape index (κ2) is 6.76. The van der Waals surface area contributed by atoms with Crippen LogP contribution in [-0.2, 0) is 19.4 Å². The highest BCUT2D eigenvalue weighted by Gasteiger charge is 2.10. The van der Waals surface area contributed by atoms with E-state index in [2.05, 4.69) is 38.5 Å². The van der Waals surface area contributed by atoms with Crippen molar-refractivity contribution in [3.63, 3.8) is 0 Å². The predicted octanol–water partition coefficient (Wildman–Crippen LogP) is 2.68. The zero-order chi connectivity index (χ0) is 17.1. The molecular formula is C19H20N6. The summed E-state index contributed by atoms with van der Waals surface area (Å²) in [6, 6.07) is 10.3. The third-order valence-electron chi connectivity index (χ3n) is 4.38. The van der Waals surface area contributed by atoms with E-state index in [4.69, 9.17) is 5.73 Å². The second-order valence-corrected chi connectivity index (χ2v) is 6.16. The van der Waals surface area contributed by atoms with Crippen molar-refractivity contribution < 1.29 is 0 Å². The fourth-order valence-corrected chi connectivity index (χ4v) is 3.07. The minimum Gasteiger partial charge on any atom is -0.370 e. The van der Waals surface area contributed by atoms with Gasteiger partial charge >= 0.3 is 0 Å². The Labute approximate surface area is 146 Å². The van der Waals surface area contributed by atoms with Crippen LogP contribution in [0.5, 0.6) is 0 Å². The topological polar surface area (TPSA) is 81.1 Å². The van der Waals surface area contributed by atoms with E-state index in [0.29, 0.717) is 12.5 Å². The third-order valence-corrected chi connectivity index (χ3v) is 4.38. The number of aryl methyl sites for hydroxylation is 2. The lowest BCUT2D eigenvalue weighted by atomic mass is 10.1. The number of nitrogens with zero attached hydrogens (tertiary/aromatic N) is 4. The van der Waals surface area contributed by atoms with E-state index in [1.54, 1.807) is 12.5 Å². The van der Waals surface area contributed by atoms with Crippen molar-refractivity contribution in [2.24, 2.45) is 10.7 Å². The molecule has 126 valence electrons. The molecule has 1 aliphatic carbocycles. The fraction of sp³-hybridized carbons (Fsp3) is 0.211. The van der Waals surface area contributed by atoms with Crippen LogP contribution in [0.25, 0.3) is 5.82 Å². The van der Waals surface area contributed by atoms with Crippen molar-refractivity contribution in [3.05, 3.63) is 71.9 Å². The Morgan fingerprint density at radius 3 is 2.92 bits per heavy atom. The lowest BCUT2D eigenvalue weighted by Gasteiger charge is -2.08. The van der Waals surface area contributed by atoms with Gasteiger partial charge in [-0.25, -0.2) is 15.0 Å². The Morgan fingerprint density at radius 2 is 2.12 bits per heavy atom. The van der Waals surface area contributed by atoms with Crippen molar-refractivity contribution in [2.75, 3.05) is 5.32 Å². The van der Waals surface area contributed by atoms with E-state index in [1.165, 1.54) is 24.0 Å². The summed E-state index contributed by atoms with van der Waals surface area (Å²) in [5, 5.41) is 3.17. The normalized spacial score (nSPS) is 13.7. The SMILES string of the molecule is NC(=NCc1ccc(-n2ccnc2)nc1)Nc1ccc2c(c1)CCC2. The number of pyridine rings is 1. The van der Waals surface area contributed by atoms with Gasteiger partial charge < -0.3 is 11.1 Å². The van der Waals surface area contributed by atoms with Crippen molar-refractivity contribution in [2.45, 2.75) is 25.8 Å². The maximum Gasteiger partial charge on any atom is 0.193 e. The molecule has 1 aliphatic rings. The number of hydrogen-bond donors (Lipinski definition) is 2. The molecule has 2 heterocycles. The highest BCUT2D eigenvalue weighted by atomic mass is 15.1. The van der Waals surface area contributed by atoms with E-state index < -0.39 is 0 Å². The Bertz CT molecular complexity index is 881. The largest absolute Gasteiger partial charge is 0.370 e. The summed E-state index contributed by atoms with van der Waals surface area (Å²) in [7, 11) is 0. The van der Waals surface area contributed by atoms with E-state index in [-0.39, 0.29) is 0 Å². The van der Waals surface area contributed by atoms with Crippen LogP contribution in [0.4, 0.5) is 5.69 Å². The van der Waals surface area contributed by atoms with Gasteiger partial charge in [-0.2, -0.15) is 0 Å². The number of nitrogens with two attached hydrogens (primary N) is 1. The number of aromatic nitrogens is 3. The molecular weight excluding hydrogens is 312 g/mol. The first-order valence-corrected chi connectivity index (χ1v) is 8.40. The summed E-state index contributed by atoms with van der Waals surface area (Å²) in [6.07, 6.45) is 10.7. The van der Waals surface area contributed by atoms with Crippen LogP contribution >= 0.6 is 0 Å². The van der Waals surface area contributed by atoms with Gasteiger partial charge in [-0.05, 0) is 54.2 Å².